The van der Waals surface area contributed by atoms with Crippen LogP contribution in [0.5, 0.6) is 0 Å². The van der Waals surface area contributed by atoms with Gasteiger partial charge >= 0.3 is 12.0 Å². The van der Waals surface area contributed by atoms with Crippen LogP contribution >= 0.6 is 0 Å². The highest BCUT2D eigenvalue weighted by Crippen LogP contribution is 2.30. The van der Waals surface area contributed by atoms with E-state index in [1.54, 1.807) is 0 Å². The van der Waals surface area contributed by atoms with Crippen molar-refractivity contribution in [1.82, 2.24) is 10.2 Å². The average molecular weight is 298 g/mol. The van der Waals surface area contributed by atoms with Crippen LogP contribution in [0.25, 0.3) is 0 Å². The number of carboxylic acids is 1. The van der Waals surface area contributed by atoms with E-state index in [1.165, 1.54) is 0 Å². The fraction of sp³-hybridized carbons (Fsp3) is 0.867. The van der Waals surface area contributed by atoms with Gasteiger partial charge in [-0.1, -0.05) is 6.92 Å². The maximum Gasteiger partial charge on any atom is 0.317 e. The van der Waals surface area contributed by atoms with Crippen LogP contribution in [0.4, 0.5) is 4.79 Å². The van der Waals surface area contributed by atoms with Gasteiger partial charge in [-0.05, 0) is 38.5 Å². The first kappa shape index (κ1) is 16.1. The molecule has 2 fully saturated rings. The number of piperidine rings is 1. The summed E-state index contributed by atoms with van der Waals surface area (Å²) < 4.78 is 5.24. The summed E-state index contributed by atoms with van der Waals surface area (Å²) >= 11 is 0. The number of carbonyl (C=O) groups excluding carboxylic acids is 1. The van der Waals surface area contributed by atoms with Crippen LogP contribution in [-0.2, 0) is 9.53 Å². The van der Waals surface area contributed by atoms with Gasteiger partial charge in [-0.3, -0.25) is 4.79 Å². The normalized spacial score (nSPS) is 29.0. The molecule has 0 bridgehead atoms. The first-order chi connectivity index (χ1) is 9.96. The molecule has 0 spiro atoms. The fourth-order valence-corrected chi connectivity index (χ4v) is 3.20. The lowest BCUT2D eigenvalue weighted by molar-refractivity contribution is -0.154. The van der Waals surface area contributed by atoms with Gasteiger partial charge < -0.3 is 20.1 Å². The molecule has 0 radical (unpaired) electrons. The van der Waals surface area contributed by atoms with E-state index in [0.717, 1.165) is 19.4 Å². The summed E-state index contributed by atoms with van der Waals surface area (Å²) in [5, 5.41) is 12.3. The topological polar surface area (TPSA) is 78.9 Å². The standard InChI is InChI=1S/C15H26N2O4/c1-11-4-3-7-17(12(11)2)14(20)16-10-15(13(18)19)5-8-21-9-6-15/h11-12H,3-10H2,1-2H3,(H,16,20)(H,18,19). The molecule has 0 aromatic carbocycles. The Morgan fingerprint density at radius 1 is 1.33 bits per heavy atom. The van der Waals surface area contributed by atoms with Crippen LogP contribution in [0.15, 0.2) is 0 Å². The van der Waals surface area contributed by atoms with Crippen molar-refractivity contribution in [3.05, 3.63) is 0 Å². The SMILES string of the molecule is CC1CCCN(C(=O)NCC2(C(=O)O)CCOCC2)C1C. The molecule has 2 heterocycles. The van der Waals surface area contributed by atoms with Crippen LogP contribution in [0.2, 0.25) is 0 Å². The second-order valence-electron chi connectivity index (χ2n) is 6.41. The van der Waals surface area contributed by atoms with Gasteiger partial charge in [-0.15, -0.1) is 0 Å². The molecule has 2 aliphatic rings. The minimum Gasteiger partial charge on any atom is -0.481 e. The Morgan fingerprint density at radius 3 is 2.62 bits per heavy atom. The number of rotatable bonds is 3. The first-order valence-electron chi connectivity index (χ1n) is 7.82. The van der Waals surface area contributed by atoms with Gasteiger partial charge in [0.15, 0.2) is 0 Å². The molecule has 0 saturated carbocycles. The molecule has 0 aromatic heterocycles. The number of aliphatic carboxylic acids is 1. The summed E-state index contributed by atoms with van der Waals surface area (Å²) in [7, 11) is 0. The van der Waals surface area contributed by atoms with E-state index in [-0.39, 0.29) is 18.6 Å². The maximum absolute atomic E-state index is 12.4. The molecule has 2 amide bonds. The second kappa shape index (κ2) is 6.64. The van der Waals surface area contributed by atoms with Crippen LogP contribution in [-0.4, -0.2) is 54.4 Å². The van der Waals surface area contributed by atoms with Crippen molar-refractivity contribution >= 4 is 12.0 Å². The molecule has 2 N–H and O–H groups in total. The van der Waals surface area contributed by atoms with Crippen molar-refractivity contribution in [1.29, 1.82) is 0 Å². The van der Waals surface area contributed by atoms with Crippen molar-refractivity contribution in [2.24, 2.45) is 11.3 Å². The predicted molar refractivity (Wildman–Crippen MR) is 78.1 cm³/mol. The first-order valence-corrected chi connectivity index (χ1v) is 7.82. The molecule has 2 atom stereocenters. The lowest BCUT2D eigenvalue weighted by Gasteiger charge is -2.39. The molecule has 0 aromatic rings. The Labute approximate surface area is 125 Å². The van der Waals surface area contributed by atoms with Crippen LogP contribution in [0.3, 0.4) is 0 Å². The lowest BCUT2D eigenvalue weighted by atomic mass is 9.80. The largest absolute Gasteiger partial charge is 0.481 e. The molecular weight excluding hydrogens is 272 g/mol. The lowest BCUT2D eigenvalue weighted by Crippen LogP contribution is -2.54. The zero-order valence-corrected chi connectivity index (χ0v) is 12.9. The Hall–Kier alpha value is -1.30. The number of ether oxygens (including phenoxy) is 1. The van der Waals surface area contributed by atoms with Gasteiger partial charge in [0.1, 0.15) is 0 Å². The molecular formula is C15H26N2O4. The van der Waals surface area contributed by atoms with Crippen LogP contribution in [0.1, 0.15) is 39.5 Å². The number of carbonyl (C=O) groups is 2. The van der Waals surface area contributed by atoms with E-state index in [2.05, 4.69) is 19.2 Å². The van der Waals surface area contributed by atoms with Gasteiger partial charge in [-0.25, -0.2) is 4.79 Å². The molecule has 0 aliphatic carbocycles. The van der Waals surface area contributed by atoms with Gasteiger partial charge in [0.25, 0.3) is 0 Å². The minimum absolute atomic E-state index is 0.138. The van der Waals surface area contributed by atoms with E-state index in [1.807, 2.05) is 4.90 Å². The average Bonchev–Trinajstić information content (AvgIpc) is 2.48. The van der Waals surface area contributed by atoms with E-state index in [0.29, 0.717) is 32.0 Å². The second-order valence-corrected chi connectivity index (χ2v) is 6.41. The fourth-order valence-electron chi connectivity index (χ4n) is 3.20. The maximum atomic E-state index is 12.4. The van der Waals surface area contributed by atoms with Crippen molar-refractivity contribution < 1.29 is 19.4 Å². The summed E-state index contributed by atoms with van der Waals surface area (Å²) in [6, 6.07) is 0.0652. The van der Waals surface area contributed by atoms with E-state index in [4.69, 9.17) is 4.74 Å². The summed E-state index contributed by atoms with van der Waals surface area (Å²) in [6.07, 6.45) is 3.06. The highest BCUT2D eigenvalue weighted by atomic mass is 16.5. The van der Waals surface area contributed by atoms with Crippen molar-refractivity contribution in [3.8, 4) is 0 Å². The van der Waals surface area contributed by atoms with Gasteiger partial charge in [-0.2, -0.15) is 0 Å². The molecule has 120 valence electrons. The van der Waals surface area contributed by atoms with Crippen LogP contribution in [0, 0.1) is 11.3 Å². The number of carboxylic acid groups (broad SMARTS) is 1. The van der Waals surface area contributed by atoms with E-state index >= 15 is 0 Å². The molecule has 2 rings (SSSR count). The minimum atomic E-state index is -0.876. The summed E-state index contributed by atoms with van der Waals surface area (Å²) in [6.45, 7) is 6.04. The van der Waals surface area contributed by atoms with Gasteiger partial charge in [0.2, 0.25) is 0 Å². The Morgan fingerprint density at radius 2 is 2.00 bits per heavy atom. The van der Waals surface area contributed by atoms with Crippen molar-refractivity contribution in [2.75, 3.05) is 26.3 Å². The number of likely N-dealkylation sites (tertiary alicyclic amines) is 1. The Bertz CT molecular complexity index is 393. The quantitative estimate of drug-likeness (QED) is 0.831. The monoisotopic (exact) mass is 298 g/mol. The molecule has 2 unspecified atom stereocenters. The smallest absolute Gasteiger partial charge is 0.317 e. The van der Waals surface area contributed by atoms with Gasteiger partial charge in [0.05, 0.1) is 5.41 Å². The number of nitrogens with one attached hydrogen (secondary N) is 1. The number of hydrogen-bond donors (Lipinski definition) is 2. The molecule has 6 heteroatoms. The van der Waals surface area contributed by atoms with E-state index in [9.17, 15) is 14.7 Å². The molecule has 21 heavy (non-hydrogen) atoms. The number of nitrogens with zero attached hydrogens (tertiary/aromatic N) is 1. The summed E-state index contributed by atoms with van der Waals surface area (Å²) in [5.74, 6) is -0.354. The van der Waals surface area contributed by atoms with Gasteiger partial charge in [0, 0.05) is 32.3 Å². The third-order valence-electron chi connectivity index (χ3n) is 5.12. The van der Waals surface area contributed by atoms with Crippen molar-refractivity contribution in [3.63, 3.8) is 0 Å². The highest BCUT2D eigenvalue weighted by molar-refractivity contribution is 5.78. The zero-order valence-electron chi connectivity index (χ0n) is 12.9. The van der Waals surface area contributed by atoms with Crippen molar-refractivity contribution in [2.45, 2.75) is 45.6 Å². The van der Waals surface area contributed by atoms with E-state index < -0.39 is 11.4 Å². The molecule has 2 saturated heterocycles. The zero-order chi connectivity index (χ0) is 15.5. The number of hydrogen-bond acceptors (Lipinski definition) is 3. The Kier molecular flexibility index (Phi) is 5.08. The predicted octanol–water partition coefficient (Wildman–Crippen LogP) is 1.70. The highest BCUT2D eigenvalue weighted by Gasteiger charge is 2.41. The number of amides is 2. The third-order valence-corrected chi connectivity index (χ3v) is 5.12. The molecule has 6 nitrogen and oxygen atoms in total. The van der Waals surface area contributed by atoms with Crippen LogP contribution < -0.4 is 5.32 Å². The number of urea groups is 1. The summed E-state index contributed by atoms with van der Waals surface area (Å²) in [4.78, 5) is 25.7. The summed E-state index contributed by atoms with van der Waals surface area (Å²) in [5.41, 5.74) is -0.876. The Balaban J connectivity index is 1.94. The molecule has 2 aliphatic heterocycles. The third kappa shape index (κ3) is 3.48.